The lowest BCUT2D eigenvalue weighted by atomic mass is 10.1. The SMILES string of the molecule is C[C@H](NCc1cccc2[nH]ccc12)c1cccc(Cl)c1. The smallest absolute Gasteiger partial charge is 0.0457 e. The van der Waals surface area contributed by atoms with Crippen LogP contribution >= 0.6 is 11.6 Å². The van der Waals surface area contributed by atoms with Gasteiger partial charge in [0.05, 0.1) is 0 Å². The average Bonchev–Trinajstić information content (AvgIpc) is 2.93. The predicted octanol–water partition coefficient (Wildman–Crippen LogP) is 4.67. The lowest BCUT2D eigenvalue weighted by molar-refractivity contribution is 0.576. The van der Waals surface area contributed by atoms with E-state index in [4.69, 9.17) is 11.6 Å². The van der Waals surface area contributed by atoms with E-state index < -0.39 is 0 Å². The molecule has 0 fully saturated rings. The van der Waals surface area contributed by atoms with E-state index in [1.807, 2.05) is 24.4 Å². The zero-order valence-corrected chi connectivity index (χ0v) is 12.1. The molecule has 0 bridgehead atoms. The molecule has 0 aliphatic rings. The van der Waals surface area contributed by atoms with Gasteiger partial charge in [-0.2, -0.15) is 0 Å². The lowest BCUT2D eigenvalue weighted by Crippen LogP contribution is -2.18. The van der Waals surface area contributed by atoms with Gasteiger partial charge >= 0.3 is 0 Å². The van der Waals surface area contributed by atoms with Gasteiger partial charge in [-0.1, -0.05) is 35.9 Å². The average molecular weight is 285 g/mol. The molecule has 0 saturated carbocycles. The number of fused-ring (bicyclic) bond motifs is 1. The van der Waals surface area contributed by atoms with Crippen molar-refractivity contribution < 1.29 is 0 Å². The minimum absolute atomic E-state index is 0.267. The van der Waals surface area contributed by atoms with E-state index >= 15 is 0 Å². The summed E-state index contributed by atoms with van der Waals surface area (Å²) in [5.41, 5.74) is 3.69. The van der Waals surface area contributed by atoms with Gasteiger partial charge in [0.25, 0.3) is 0 Å². The van der Waals surface area contributed by atoms with Crippen LogP contribution < -0.4 is 5.32 Å². The molecule has 0 unspecified atom stereocenters. The van der Waals surface area contributed by atoms with Gasteiger partial charge in [0, 0.05) is 34.7 Å². The Morgan fingerprint density at radius 2 is 2.00 bits per heavy atom. The summed E-state index contributed by atoms with van der Waals surface area (Å²) >= 11 is 6.04. The van der Waals surface area contributed by atoms with Crippen LogP contribution in [0.15, 0.2) is 54.7 Å². The van der Waals surface area contributed by atoms with E-state index in [1.54, 1.807) is 0 Å². The largest absolute Gasteiger partial charge is 0.361 e. The summed E-state index contributed by atoms with van der Waals surface area (Å²) in [5.74, 6) is 0. The summed E-state index contributed by atoms with van der Waals surface area (Å²) in [6.45, 7) is 2.99. The molecule has 3 aromatic rings. The number of hydrogen-bond acceptors (Lipinski definition) is 1. The number of halogens is 1. The van der Waals surface area contributed by atoms with Gasteiger partial charge in [0.15, 0.2) is 0 Å². The maximum atomic E-state index is 6.04. The number of hydrogen-bond donors (Lipinski definition) is 2. The number of aromatic nitrogens is 1. The van der Waals surface area contributed by atoms with Crippen LogP contribution in [0.2, 0.25) is 5.02 Å². The second-order valence-electron chi connectivity index (χ2n) is 5.01. The van der Waals surface area contributed by atoms with Crippen LogP contribution in [0.25, 0.3) is 10.9 Å². The van der Waals surface area contributed by atoms with Crippen molar-refractivity contribution in [3.8, 4) is 0 Å². The van der Waals surface area contributed by atoms with E-state index in [0.29, 0.717) is 0 Å². The van der Waals surface area contributed by atoms with Gasteiger partial charge < -0.3 is 10.3 Å². The van der Waals surface area contributed by atoms with E-state index in [9.17, 15) is 0 Å². The predicted molar refractivity (Wildman–Crippen MR) is 85.0 cm³/mol. The van der Waals surface area contributed by atoms with Crippen molar-refractivity contribution in [1.29, 1.82) is 0 Å². The Morgan fingerprint density at radius 3 is 2.85 bits per heavy atom. The van der Waals surface area contributed by atoms with Gasteiger partial charge in [-0.05, 0) is 42.3 Å². The van der Waals surface area contributed by atoms with Crippen molar-refractivity contribution in [2.45, 2.75) is 19.5 Å². The monoisotopic (exact) mass is 284 g/mol. The summed E-state index contributed by atoms with van der Waals surface area (Å²) in [7, 11) is 0. The molecule has 1 aromatic heterocycles. The van der Waals surface area contributed by atoms with E-state index in [-0.39, 0.29) is 6.04 Å². The highest BCUT2D eigenvalue weighted by Gasteiger charge is 2.07. The molecule has 20 heavy (non-hydrogen) atoms. The summed E-state index contributed by atoms with van der Waals surface area (Å²) in [5, 5.41) is 5.61. The number of H-pyrrole nitrogens is 1. The first-order valence-electron chi connectivity index (χ1n) is 6.78. The number of benzene rings is 2. The van der Waals surface area contributed by atoms with Crippen LogP contribution in [-0.4, -0.2) is 4.98 Å². The van der Waals surface area contributed by atoms with Crippen LogP contribution in [0, 0.1) is 0 Å². The van der Waals surface area contributed by atoms with Crippen LogP contribution in [0.3, 0.4) is 0 Å². The number of nitrogens with one attached hydrogen (secondary N) is 2. The maximum Gasteiger partial charge on any atom is 0.0457 e. The van der Waals surface area contributed by atoms with Crippen LogP contribution in [0.4, 0.5) is 0 Å². The zero-order chi connectivity index (χ0) is 13.9. The molecule has 0 spiro atoms. The van der Waals surface area contributed by atoms with Crippen molar-refractivity contribution >= 4 is 22.5 Å². The molecule has 0 radical (unpaired) electrons. The Hall–Kier alpha value is -1.77. The molecule has 1 heterocycles. The highest BCUT2D eigenvalue weighted by Crippen LogP contribution is 2.20. The minimum atomic E-state index is 0.267. The Labute approximate surface area is 123 Å². The molecule has 0 saturated heterocycles. The molecular formula is C17H17ClN2. The second-order valence-corrected chi connectivity index (χ2v) is 5.45. The number of aromatic amines is 1. The standard InChI is InChI=1S/C17H17ClN2/c1-12(13-4-2-6-15(18)10-13)20-11-14-5-3-7-17-16(14)8-9-19-17/h2-10,12,19-20H,11H2,1H3/t12-/m0/s1. The Balaban J connectivity index is 1.74. The van der Waals surface area contributed by atoms with Gasteiger partial charge in [-0.25, -0.2) is 0 Å². The van der Waals surface area contributed by atoms with Gasteiger partial charge in [0.1, 0.15) is 0 Å². The first-order valence-corrected chi connectivity index (χ1v) is 7.15. The molecule has 102 valence electrons. The van der Waals surface area contributed by atoms with Crippen LogP contribution in [0.1, 0.15) is 24.1 Å². The first-order chi connectivity index (χ1) is 9.74. The summed E-state index contributed by atoms with van der Waals surface area (Å²) in [6.07, 6.45) is 1.98. The minimum Gasteiger partial charge on any atom is -0.361 e. The second kappa shape index (κ2) is 5.70. The fourth-order valence-corrected chi connectivity index (χ4v) is 2.66. The van der Waals surface area contributed by atoms with Crippen molar-refractivity contribution in [2.24, 2.45) is 0 Å². The zero-order valence-electron chi connectivity index (χ0n) is 11.4. The Kier molecular flexibility index (Phi) is 3.77. The van der Waals surface area contributed by atoms with Crippen molar-refractivity contribution in [2.75, 3.05) is 0 Å². The quantitative estimate of drug-likeness (QED) is 0.716. The summed E-state index contributed by atoms with van der Waals surface area (Å²) < 4.78 is 0. The Morgan fingerprint density at radius 1 is 1.15 bits per heavy atom. The molecular weight excluding hydrogens is 268 g/mol. The molecule has 0 amide bonds. The summed E-state index contributed by atoms with van der Waals surface area (Å²) in [4.78, 5) is 3.24. The highest BCUT2D eigenvalue weighted by atomic mass is 35.5. The maximum absolute atomic E-state index is 6.04. The summed E-state index contributed by atoms with van der Waals surface area (Å²) in [6, 6.07) is 16.7. The third-order valence-corrected chi connectivity index (χ3v) is 3.87. The normalized spacial score (nSPS) is 12.7. The van der Waals surface area contributed by atoms with Gasteiger partial charge in [0.2, 0.25) is 0 Å². The molecule has 2 aromatic carbocycles. The molecule has 3 heteroatoms. The van der Waals surface area contributed by atoms with Crippen LogP contribution in [0.5, 0.6) is 0 Å². The molecule has 2 nitrogen and oxygen atoms in total. The van der Waals surface area contributed by atoms with E-state index in [1.165, 1.54) is 22.0 Å². The molecule has 2 N–H and O–H groups in total. The molecule has 1 atom stereocenters. The first kappa shape index (κ1) is 13.2. The van der Waals surface area contributed by atoms with Crippen molar-refractivity contribution in [1.82, 2.24) is 10.3 Å². The van der Waals surface area contributed by atoms with Crippen molar-refractivity contribution in [3.63, 3.8) is 0 Å². The fraction of sp³-hybridized carbons (Fsp3) is 0.176. The van der Waals surface area contributed by atoms with E-state index in [2.05, 4.69) is 47.6 Å². The van der Waals surface area contributed by atoms with Crippen molar-refractivity contribution in [3.05, 3.63) is 70.9 Å². The van der Waals surface area contributed by atoms with E-state index in [0.717, 1.165) is 11.6 Å². The fourth-order valence-electron chi connectivity index (χ4n) is 2.46. The Bertz CT molecular complexity index is 718. The highest BCUT2D eigenvalue weighted by molar-refractivity contribution is 6.30. The lowest BCUT2D eigenvalue weighted by Gasteiger charge is -2.15. The van der Waals surface area contributed by atoms with Gasteiger partial charge in [-0.3, -0.25) is 0 Å². The third-order valence-electron chi connectivity index (χ3n) is 3.63. The number of rotatable bonds is 4. The van der Waals surface area contributed by atoms with Gasteiger partial charge in [-0.15, -0.1) is 0 Å². The topological polar surface area (TPSA) is 27.8 Å². The third kappa shape index (κ3) is 2.72. The molecule has 0 aliphatic heterocycles. The van der Waals surface area contributed by atoms with Crippen LogP contribution in [-0.2, 0) is 6.54 Å². The molecule has 3 rings (SSSR count). The molecule has 0 aliphatic carbocycles.